The normalized spacial score (nSPS) is 12.6. The van der Waals surface area contributed by atoms with Crippen LogP contribution < -0.4 is 10.6 Å². The molecule has 0 aliphatic heterocycles. The summed E-state index contributed by atoms with van der Waals surface area (Å²) in [4.78, 5) is 15.0. The molecule has 4 heteroatoms. The van der Waals surface area contributed by atoms with Gasteiger partial charge in [0.2, 0.25) is 0 Å². The topological polar surface area (TPSA) is 41.1 Å². The van der Waals surface area contributed by atoms with Gasteiger partial charge in [-0.15, -0.1) is 0 Å². The molecule has 0 spiro atoms. The van der Waals surface area contributed by atoms with Gasteiger partial charge < -0.3 is 10.6 Å². The molecule has 1 atom stereocenters. The van der Waals surface area contributed by atoms with Gasteiger partial charge in [-0.25, -0.2) is 4.79 Å². The highest BCUT2D eigenvalue weighted by molar-refractivity contribution is 9.10. The molecule has 0 heterocycles. The molecule has 228 valence electrons. The first-order valence-electron chi connectivity index (χ1n) is 15.7. The van der Waals surface area contributed by atoms with Crippen molar-refractivity contribution in [3.63, 3.8) is 0 Å². The first kappa shape index (κ1) is 30.2. The second kappa shape index (κ2) is 13.1. The molecule has 0 aliphatic rings. The predicted molar refractivity (Wildman–Crippen MR) is 195 cm³/mol. The molecule has 7 aromatic carbocycles. The smallest absolute Gasteiger partial charge is 0.317 e. The van der Waals surface area contributed by atoms with E-state index >= 15 is 4.79 Å². The number of hydrogen-bond acceptors (Lipinski definition) is 1. The Morgan fingerprint density at radius 2 is 0.766 bits per heavy atom. The van der Waals surface area contributed by atoms with Crippen molar-refractivity contribution in [2.24, 2.45) is 0 Å². The van der Waals surface area contributed by atoms with Gasteiger partial charge in [-0.1, -0.05) is 186 Å². The summed E-state index contributed by atoms with van der Waals surface area (Å²) < 4.78 is 0.922. The average Bonchev–Trinajstić information content (AvgIpc) is 3.14. The number of nitrogens with one attached hydrogen (secondary N) is 2. The lowest BCUT2D eigenvalue weighted by Crippen LogP contribution is -2.57. The second-order valence-electron chi connectivity index (χ2n) is 11.6. The number of amides is 2. The first-order valence-corrected chi connectivity index (χ1v) is 16.5. The Kier molecular flexibility index (Phi) is 8.43. The lowest BCUT2D eigenvalue weighted by molar-refractivity contribution is 0.227. The molecule has 0 aliphatic carbocycles. The fourth-order valence-corrected chi connectivity index (χ4v) is 7.10. The molecule has 0 saturated heterocycles. The highest BCUT2D eigenvalue weighted by atomic mass is 79.9. The maximum absolute atomic E-state index is 15.0. The number of hydrogen-bond donors (Lipinski definition) is 2. The minimum absolute atomic E-state index is 0.321. The van der Waals surface area contributed by atoms with Crippen LogP contribution >= 0.6 is 15.9 Å². The van der Waals surface area contributed by atoms with E-state index in [1.54, 1.807) is 0 Å². The van der Waals surface area contributed by atoms with E-state index in [1.807, 2.05) is 97.1 Å². The van der Waals surface area contributed by atoms with E-state index in [2.05, 4.69) is 118 Å². The lowest BCUT2D eigenvalue weighted by Gasteiger charge is -2.41. The van der Waals surface area contributed by atoms with Crippen molar-refractivity contribution in [1.82, 2.24) is 10.6 Å². The highest BCUT2D eigenvalue weighted by Crippen LogP contribution is 2.41. The Labute approximate surface area is 284 Å². The van der Waals surface area contributed by atoms with Crippen LogP contribution in [0.3, 0.4) is 0 Å². The van der Waals surface area contributed by atoms with Crippen LogP contribution in [0.1, 0.15) is 33.4 Å². The number of rotatable bonds is 8. The summed E-state index contributed by atoms with van der Waals surface area (Å²) in [6.45, 7) is 0. The molecule has 1 unspecified atom stereocenters. The van der Waals surface area contributed by atoms with Crippen LogP contribution in [0.25, 0.3) is 10.8 Å². The van der Waals surface area contributed by atoms with Crippen molar-refractivity contribution in [3.8, 4) is 0 Å². The summed E-state index contributed by atoms with van der Waals surface area (Å²) >= 11 is 3.72. The molecule has 47 heavy (non-hydrogen) atoms. The number of urea groups is 1. The van der Waals surface area contributed by atoms with Crippen LogP contribution in [-0.2, 0) is 11.1 Å². The number of fused-ring (bicyclic) bond motifs is 1. The Hall–Kier alpha value is -5.45. The van der Waals surface area contributed by atoms with Crippen molar-refractivity contribution in [1.29, 1.82) is 0 Å². The SMILES string of the molecule is O=C(NC(c1ccccc1)(c1ccccc1)c1ccccc1)NC(c1ccccc1)(c1cccc(Br)c1)c1ccc2ccccc2c1. The quantitative estimate of drug-likeness (QED) is 0.155. The van der Waals surface area contributed by atoms with Crippen molar-refractivity contribution in [3.05, 3.63) is 226 Å². The lowest BCUT2D eigenvalue weighted by atomic mass is 9.75. The fraction of sp³-hybridized carbons (Fsp3) is 0.0465. The van der Waals surface area contributed by atoms with E-state index in [0.29, 0.717) is 0 Å². The second-order valence-corrected chi connectivity index (χ2v) is 12.5. The third-order valence-corrected chi connectivity index (χ3v) is 9.36. The maximum Gasteiger partial charge on any atom is 0.317 e. The van der Waals surface area contributed by atoms with Crippen molar-refractivity contribution < 1.29 is 4.79 Å². The van der Waals surface area contributed by atoms with Gasteiger partial charge in [0.05, 0.1) is 0 Å². The summed E-state index contributed by atoms with van der Waals surface area (Å²) in [6.07, 6.45) is 0. The summed E-state index contributed by atoms with van der Waals surface area (Å²) in [6, 6.07) is 63.3. The molecule has 0 bridgehead atoms. The van der Waals surface area contributed by atoms with Crippen LogP contribution in [0.2, 0.25) is 0 Å². The van der Waals surface area contributed by atoms with E-state index in [9.17, 15) is 0 Å². The van der Waals surface area contributed by atoms with Crippen LogP contribution in [0, 0.1) is 0 Å². The van der Waals surface area contributed by atoms with Crippen molar-refractivity contribution in [2.75, 3.05) is 0 Å². The molecule has 0 radical (unpaired) electrons. The molecule has 3 nitrogen and oxygen atoms in total. The monoisotopic (exact) mass is 672 g/mol. The van der Waals surface area contributed by atoms with E-state index in [1.165, 1.54) is 0 Å². The summed E-state index contributed by atoms with van der Waals surface area (Å²) in [5, 5.41) is 9.32. The van der Waals surface area contributed by atoms with Crippen LogP contribution in [-0.4, -0.2) is 6.03 Å². The first-order chi connectivity index (χ1) is 23.1. The van der Waals surface area contributed by atoms with Gasteiger partial charge in [-0.2, -0.15) is 0 Å². The number of benzene rings is 7. The Balaban J connectivity index is 1.46. The zero-order valence-corrected chi connectivity index (χ0v) is 27.3. The molecule has 0 aromatic heterocycles. The summed E-state index contributed by atoms with van der Waals surface area (Å²) in [5.41, 5.74) is 3.62. The van der Waals surface area contributed by atoms with Gasteiger partial charge in [0.15, 0.2) is 0 Å². The zero-order chi connectivity index (χ0) is 32.1. The molecular formula is C43H33BrN2O. The minimum atomic E-state index is -1.05. The maximum atomic E-state index is 15.0. The van der Waals surface area contributed by atoms with Gasteiger partial charge in [-0.3, -0.25) is 0 Å². The van der Waals surface area contributed by atoms with Gasteiger partial charge in [0.1, 0.15) is 11.1 Å². The minimum Gasteiger partial charge on any atom is -0.320 e. The van der Waals surface area contributed by atoms with Crippen LogP contribution in [0.15, 0.2) is 193 Å². The fourth-order valence-electron chi connectivity index (χ4n) is 6.70. The summed E-state index contributed by atoms with van der Waals surface area (Å²) in [7, 11) is 0. The predicted octanol–water partition coefficient (Wildman–Crippen LogP) is 10.2. The highest BCUT2D eigenvalue weighted by Gasteiger charge is 2.42. The largest absolute Gasteiger partial charge is 0.320 e. The van der Waals surface area contributed by atoms with Gasteiger partial charge >= 0.3 is 6.03 Å². The Morgan fingerprint density at radius 3 is 1.23 bits per heavy atom. The van der Waals surface area contributed by atoms with E-state index in [0.717, 1.165) is 48.6 Å². The molecule has 0 fully saturated rings. The molecule has 2 N–H and O–H groups in total. The third-order valence-electron chi connectivity index (χ3n) is 8.87. The number of carbonyl (C=O) groups excluding carboxylic acids is 1. The molecule has 7 rings (SSSR count). The van der Waals surface area contributed by atoms with E-state index < -0.39 is 11.1 Å². The third kappa shape index (κ3) is 5.73. The molecular weight excluding hydrogens is 640 g/mol. The van der Waals surface area contributed by atoms with Crippen molar-refractivity contribution in [2.45, 2.75) is 11.1 Å². The van der Waals surface area contributed by atoms with E-state index in [-0.39, 0.29) is 6.03 Å². The van der Waals surface area contributed by atoms with Gasteiger partial charge in [-0.05, 0) is 62.4 Å². The van der Waals surface area contributed by atoms with Gasteiger partial charge in [0, 0.05) is 4.47 Å². The Morgan fingerprint density at radius 1 is 0.383 bits per heavy atom. The molecule has 2 amide bonds. The average molecular weight is 674 g/mol. The van der Waals surface area contributed by atoms with Crippen LogP contribution in [0.5, 0.6) is 0 Å². The summed E-state index contributed by atoms with van der Waals surface area (Å²) in [5.74, 6) is 0. The molecule has 0 saturated carbocycles. The number of halogens is 1. The number of carbonyl (C=O) groups is 1. The van der Waals surface area contributed by atoms with Crippen LogP contribution in [0.4, 0.5) is 4.79 Å². The molecule has 7 aromatic rings. The Bertz CT molecular complexity index is 2020. The standard InChI is InChI=1S/C43H33BrN2O/c44-40-27-15-26-38(31-40)43(37-24-11-4-12-25-37,39-29-28-32-16-13-14-17-33(32)30-39)46-41(47)45-42(34-18-5-1-6-19-34,35-20-7-2-8-21-35)36-22-9-3-10-23-36/h1-31H,(H2,45,46,47). The van der Waals surface area contributed by atoms with Crippen molar-refractivity contribution >= 4 is 32.7 Å². The van der Waals surface area contributed by atoms with E-state index in [4.69, 9.17) is 0 Å². The zero-order valence-electron chi connectivity index (χ0n) is 25.7. The van der Waals surface area contributed by atoms with Gasteiger partial charge in [0.25, 0.3) is 0 Å².